The molecule has 1 aliphatic heterocycles. The van der Waals surface area contributed by atoms with Crippen LogP contribution in [0.3, 0.4) is 0 Å². The summed E-state index contributed by atoms with van der Waals surface area (Å²) in [5.74, 6) is 0. The van der Waals surface area contributed by atoms with Gasteiger partial charge in [-0.25, -0.2) is 0 Å². The number of halogens is 1. The van der Waals surface area contributed by atoms with E-state index in [1.165, 1.54) is 11.1 Å². The van der Waals surface area contributed by atoms with E-state index >= 15 is 0 Å². The predicted molar refractivity (Wildman–Crippen MR) is 82.8 cm³/mol. The van der Waals surface area contributed by atoms with Crippen LogP contribution in [-0.2, 0) is 11.2 Å². The van der Waals surface area contributed by atoms with Crippen LogP contribution in [0.25, 0.3) is 0 Å². The Labute approximate surface area is 128 Å². The van der Waals surface area contributed by atoms with E-state index < -0.39 is 0 Å². The quantitative estimate of drug-likeness (QED) is 0.886. The molecule has 1 aliphatic carbocycles. The van der Waals surface area contributed by atoms with Crippen molar-refractivity contribution in [2.75, 3.05) is 26.4 Å². The molecule has 1 unspecified atom stereocenters. The lowest BCUT2D eigenvalue weighted by molar-refractivity contribution is -0.0165. The van der Waals surface area contributed by atoms with Gasteiger partial charge in [-0.2, -0.15) is 0 Å². The Kier molecular flexibility index (Phi) is 4.46. The van der Waals surface area contributed by atoms with E-state index in [4.69, 9.17) is 4.74 Å². The van der Waals surface area contributed by atoms with Crippen LogP contribution >= 0.6 is 15.9 Å². The maximum Gasteiger partial charge on any atom is 0.0501 e. The highest BCUT2D eigenvalue weighted by molar-refractivity contribution is 9.10. The maximum atomic E-state index is 9.75. The third-order valence-corrected chi connectivity index (χ3v) is 5.29. The molecule has 1 aromatic carbocycles. The number of rotatable bonds is 4. The summed E-state index contributed by atoms with van der Waals surface area (Å²) in [7, 11) is 0. The van der Waals surface area contributed by atoms with Crippen LogP contribution in [0.15, 0.2) is 22.7 Å². The summed E-state index contributed by atoms with van der Waals surface area (Å²) in [4.78, 5) is 0. The Bertz CT molecular complexity index is 472. The Hall–Kier alpha value is -0.420. The summed E-state index contributed by atoms with van der Waals surface area (Å²) in [6.07, 6.45) is 4.21. The molecule has 110 valence electrons. The SMILES string of the molecule is OCC1(CNC2CCc3cc(Br)ccc32)CCOCC1. The Morgan fingerprint density at radius 3 is 2.90 bits per heavy atom. The zero-order chi connectivity index (χ0) is 14.0. The Morgan fingerprint density at radius 1 is 1.35 bits per heavy atom. The summed E-state index contributed by atoms with van der Waals surface area (Å²) < 4.78 is 6.58. The molecule has 3 nitrogen and oxygen atoms in total. The lowest BCUT2D eigenvalue weighted by atomic mass is 9.80. The van der Waals surface area contributed by atoms with Crippen LogP contribution in [0.2, 0.25) is 0 Å². The zero-order valence-corrected chi connectivity index (χ0v) is 13.3. The molecule has 0 amide bonds. The van der Waals surface area contributed by atoms with Gasteiger partial charge < -0.3 is 15.2 Å². The number of benzene rings is 1. The van der Waals surface area contributed by atoms with Gasteiger partial charge in [0.15, 0.2) is 0 Å². The van der Waals surface area contributed by atoms with Gasteiger partial charge in [0.25, 0.3) is 0 Å². The van der Waals surface area contributed by atoms with Gasteiger partial charge in [-0.15, -0.1) is 0 Å². The monoisotopic (exact) mass is 339 g/mol. The lowest BCUT2D eigenvalue weighted by Crippen LogP contribution is -2.42. The second kappa shape index (κ2) is 6.14. The summed E-state index contributed by atoms with van der Waals surface area (Å²) >= 11 is 3.54. The van der Waals surface area contributed by atoms with Gasteiger partial charge in [0.05, 0.1) is 6.61 Å². The van der Waals surface area contributed by atoms with E-state index in [9.17, 15) is 5.11 Å². The second-order valence-corrected chi connectivity index (χ2v) is 7.00. The summed E-state index contributed by atoms with van der Waals surface area (Å²) in [5, 5.41) is 13.4. The standard InChI is InChI=1S/C16H22BrNO2/c17-13-2-3-14-12(9-13)1-4-15(14)18-10-16(11-19)5-7-20-8-6-16/h2-3,9,15,18-19H,1,4-8,10-11H2. The first-order valence-corrected chi connectivity index (χ1v) is 8.22. The molecule has 1 atom stereocenters. The molecule has 3 rings (SSSR count). The van der Waals surface area contributed by atoms with E-state index in [2.05, 4.69) is 39.4 Å². The van der Waals surface area contributed by atoms with E-state index in [1.54, 1.807) is 0 Å². The van der Waals surface area contributed by atoms with Gasteiger partial charge in [-0.3, -0.25) is 0 Å². The Morgan fingerprint density at radius 2 is 2.15 bits per heavy atom. The third-order valence-electron chi connectivity index (χ3n) is 4.80. The fraction of sp³-hybridized carbons (Fsp3) is 0.625. The molecule has 2 N–H and O–H groups in total. The first kappa shape index (κ1) is 14.5. The maximum absolute atomic E-state index is 9.75. The van der Waals surface area contributed by atoms with Crippen molar-refractivity contribution in [3.05, 3.63) is 33.8 Å². The van der Waals surface area contributed by atoms with E-state index in [0.29, 0.717) is 6.04 Å². The first-order chi connectivity index (χ1) is 9.72. The number of ether oxygens (including phenoxy) is 1. The van der Waals surface area contributed by atoms with Crippen molar-refractivity contribution in [3.63, 3.8) is 0 Å². The number of nitrogens with one attached hydrogen (secondary N) is 1. The zero-order valence-electron chi connectivity index (χ0n) is 11.7. The molecule has 0 radical (unpaired) electrons. The normalized spacial score (nSPS) is 24.6. The average molecular weight is 340 g/mol. The molecule has 20 heavy (non-hydrogen) atoms. The van der Waals surface area contributed by atoms with Gasteiger partial charge in [0, 0.05) is 35.7 Å². The highest BCUT2D eigenvalue weighted by Gasteiger charge is 2.33. The molecule has 1 fully saturated rings. The van der Waals surface area contributed by atoms with Crippen molar-refractivity contribution in [1.29, 1.82) is 0 Å². The van der Waals surface area contributed by atoms with Gasteiger partial charge in [-0.1, -0.05) is 22.0 Å². The summed E-state index contributed by atoms with van der Waals surface area (Å²) in [6.45, 7) is 2.68. The first-order valence-electron chi connectivity index (χ1n) is 7.43. The number of hydrogen-bond acceptors (Lipinski definition) is 3. The summed E-state index contributed by atoms with van der Waals surface area (Å²) in [6, 6.07) is 7.01. The van der Waals surface area contributed by atoms with Crippen LogP contribution < -0.4 is 5.32 Å². The summed E-state index contributed by atoms with van der Waals surface area (Å²) in [5.41, 5.74) is 2.88. The van der Waals surface area contributed by atoms with Crippen molar-refractivity contribution in [2.24, 2.45) is 5.41 Å². The molecule has 1 aromatic rings. The van der Waals surface area contributed by atoms with Crippen molar-refractivity contribution in [1.82, 2.24) is 5.32 Å². The number of aliphatic hydroxyl groups is 1. The fourth-order valence-corrected chi connectivity index (χ4v) is 3.74. The van der Waals surface area contributed by atoms with Crippen LogP contribution in [0.5, 0.6) is 0 Å². The highest BCUT2D eigenvalue weighted by atomic mass is 79.9. The molecular formula is C16H22BrNO2. The Balaban J connectivity index is 1.65. The molecular weight excluding hydrogens is 318 g/mol. The van der Waals surface area contributed by atoms with Gasteiger partial charge >= 0.3 is 0 Å². The van der Waals surface area contributed by atoms with Crippen LogP contribution in [0.1, 0.15) is 36.4 Å². The second-order valence-electron chi connectivity index (χ2n) is 6.09. The van der Waals surface area contributed by atoms with E-state index in [-0.39, 0.29) is 12.0 Å². The highest BCUT2D eigenvalue weighted by Crippen LogP contribution is 2.35. The molecule has 0 spiro atoms. The number of aliphatic hydroxyl groups excluding tert-OH is 1. The number of fused-ring (bicyclic) bond motifs is 1. The van der Waals surface area contributed by atoms with E-state index in [1.807, 2.05) is 0 Å². The van der Waals surface area contributed by atoms with Crippen molar-refractivity contribution < 1.29 is 9.84 Å². The van der Waals surface area contributed by atoms with Crippen molar-refractivity contribution in [3.8, 4) is 0 Å². The predicted octanol–water partition coefficient (Wildman–Crippen LogP) is 2.82. The molecule has 1 heterocycles. The minimum atomic E-state index is 0.0103. The molecule has 0 bridgehead atoms. The van der Waals surface area contributed by atoms with Gasteiger partial charge in [-0.05, 0) is 48.9 Å². The molecule has 2 aliphatic rings. The van der Waals surface area contributed by atoms with Gasteiger partial charge in [0.1, 0.15) is 0 Å². The topological polar surface area (TPSA) is 41.5 Å². The number of aryl methyl sites for hydroxylation is 1. The van der Waals surface area contributed by atoms with Crippen LogP contribution in [0.4, 0.5) is 0 Å². The third kappa shape index (κ3) is 2.93. The van der Waals surface area contributed by atoms with Crippen molar-refractivity contribution in [2.45, 2.75) is 31.7 Å². The molecule has 0 aromatic heterocycles. The number of hydrogen-bond donors (Lipinski definition) is 2. The molecule has 1 saturated heterocycles. The average Bonchev–Trinajstić information content (AvgIpc) is 2.88. The largest absolute Gasteiger partial charge is 0.396 e. The minimum Gasteiger partial charge on any atom is -0.396 e. The molecule has 4 heteroatoms. The smallest absolute Gasteiger partial charge is 0.0501 e. The lowest BCUT2D eigenvalue weighted by Gasteiger charge is -2.36. The molecule has 0 saturated carbocycles. The fourth-order valence-electron chi connectivity index (χ4n) is 3.33. The van der Waals surface area contributed by atoms with Crippen LogP contribution in [0, 0.1) is 5.41 Å². The van der Waals surface area contributed by atoms with Crippen molar-refractivity contribution >= 4 is 15.9 Å². The van der Waals surface area contributed by atoms with E-state index in [0.717, 1.165) is 49.9 Å². The minimum absolute atomic E-state index is 0.0103. The van der Waals surface area contributed by atoms with Crippen LogP contribution in [-0.4, -0.2) is 31.5 Å². The van der Waals surface area contributed by atoms with Gasteiger partial charge in [0.2, 0.25) is 0 Å².